The van der Waals surface area contributed by atoms with Crippen LogP contribution in [0.1, 0.15) is 20.8 Å². The maximum atomic E-state index is 4.69. The predicted octanol–water partition coefficient (Wildman–Crippen LogP) is 2.86. The summed E-state index contributed by atoms with van der Waals surface area (Å²) in [4.78, 5) is 0. The normalized spacial score (nSPS) is 13.0. The Morgan fingerprint density at radius 1 is 1.15 bits per heavy atom. The van der Waals surface area contributed by atoms with Crippen molar-refractivity contribution in [2.24, 2.45) is 4.74 Å². The van der Waals surface area contributed by atoms with Gasteiger partial charge >= 0.3 is 87.7 Å². The van der Waals surface area contributed by atoms with E-state index in [1.807, 2.05) is 6.07 Å². The van der Waals surface area contributed by atoms with Crippen molar-refractivity contribution >= 4 is 26.4 Å². The van der Waals surface area contributed by atoms with E-state index in [1.54, 1.807) is 0 Å². The van der Waals surface area contributed by atoms with Gasteiger partial charge in [0.05, 0.1) is 0 Å². The molecule has 0 spiro atoms. The zero-order chi connectivity index (χ0) is 9.90. The van der Waals surface area contributed by atoms with Crippen LogP contribution in [-0.4, -0.2) is 20.6 Å². The van der Waals surface area contributed by atoms with Crippen LogP contribution in [0.4, 0.5) is 0 Å². The second-order valence-electron chi connectivity index (χ2n) is 3.88. The van der Waals surface area contributed by atoms with Crippen LogP contribution in [0.5, 0.6) is 0 Å². The van der Waals surface area contributed by atoms with E-state index in [-0.39, 0.29) is 5.54 Å². The van der Waals surface area contributed by atoms with Gasteiger partial charge in [0, 0.05) is 0 Å². The van der Waals surface area contributed by atoms with Gasteiger partial charge in [-0.15, -0.1) is 0 Å². The van der Waals surface area contributed by atoms with E-state index in [0.29, 0.717) is 0 Å². The topological polar surface area (TPSA) is 12.4 Å². The van der Waals surface area contributed by atoms with Crippen molar-refractivity contribution in [3.63, 3.8) is 0 Å². The third kappa shape index (κ3) is 4.04. The van der Waals surface area contributed by atoms with Gasteiger partial charge in [-0.1, -0.05) is 0 Å². The molecule has 1 unspecified atom stereocenters. The second kappa shape index (κ2) is 4.37. The molecule has 1 nitrogen and oxygen atoms in total. The molecule has 0 bridgehead atoms. The summed E-state index contributed by atoms with van der Waals surface area (Å²) < 4.78 is 4.69. The van der Waals surface area contributed by atoms with Gasteiger partial charge in [-0.2, -0.15) is 0 Å². The number of nitrogens with zero attached hydrogens (tertiary/aromatic N) is 1. The van der Waals surface area contributed by atoms with E-state index >= 15 is 0 Å². The fraction of sp³-hybridized carbons (Fsp3) is 0.400. The molecule has 0 fully saturated rings. The van der Waals surface area contributed by atoms with E-state index in [1.165, 1.54) is 5.30 Å². The molecule has 0 radical (unpaired) electrons. The van der Waals surface area contributed by atoms with Crippen molar-refractivity contribution in [3.8, 4) is 0 Å². The van der Waals surface area contributed by atoms with Crippen molar-refractivity contribution in [1.82, 2.24) is 0 Å². The summed E-state index contributed by atoms with van der Waals surface area (Å²) in [5, 5.41) is 1.30. The van der Waals surface area contributed by atoms with Crippen molar-refractivity contribution in [1.29, 1.82) is 0 Å². The Labute approximate surface area is 87.9 Å². The summed E-state index contributed by atoms with van der Waals surface area (Å²) in [7, 11) is 0. The summed E-state index contributed by atoms with van der Waals surface area (Å²) in [5.41, 5.74) is 0.0484. The van der Waals surface area contributed by atoms with Gasteiger partial charge in [0.1, 0.15) is 0 Å². The molecule has 3 heteroatoms. The zero-order valence-corrected chi connectivity index (χ0v) is 10.8. The molecule has 1 aromatic carbocycles. The molecule has 0 heterocycles. The SMILES string of the molecule is CC(C)(C)N=P(=[Se])c1ccccc1. The van der Waals surface area contributed by atoms with Gasteiger partial charge in [-0.25, -0.2) is 0 Å². The van der Waals surface area contributed by atoms with Crippen LogP contribution in [0.3, 0.4) is 0 Å². The Kier molecular flexibility index (Phi) is 3.67. The second-order valence-corrected chi connectivity index (χ2v) is 7.32. The zero-order valence-electron chi connectivity index (χ0n) is 8.19. The van der Waals surface area contributed by atoms with Crippen LogP contribution in [0.2, 0.25) is 0 Å². The molecule has 0 aliphatic rings. The molecule has 0 saturated carbocycles. The summed E-state index contributed by atoms with van der Waals surface area (Å²) in [6.07, 6.45) is 0. The molecular formula is C10H14NPSe. The molecule has 0 aliphatic carbocycles. The van der Waals surface area contributed by atoms with Crippen LogP contribution in [0, 0.1) is 0 Å². The average molecular weight is 258 g/mol. The number of rotatable bonds is 1. The van der Waals surface area contributed by atoms with Crippen LogP contribution in [0.25, 0.3) is 0 Å². The van der Waals surface area contributed by atoms with E-state index < -0.39 is 5.96 Å². The standard InChI is InChI=1S/C10H14NPSe/c1-10(2,3)11-12(13)9-7-5-4-6-8-9/h4-8H,1-3H3. The third-order valence-corrected chi connectivity index (χ3v) is 4.73. The van der Waals surface area contributed by atoms with Crippen molar-refractivity contribution < 1.29 is 0 Å². The third-order valence-electron chi connectivity index (χ3n) is 1.37. The first-order chi connectivity index (χ1) is 5.99. The predicted molar refractivity (Wildman–Crippen MR) is 60.9 cm³/mol. The minimum absolute atomic E-state index is 0.0484. The molecule has 0 amide bonds. The van der Waals surface area contributed by atoms with Gasteiger partial charge in [-0.05, 0) is 0 Å². The van der Waals surface area contributed by atoms with Gasteiger partial charge in [0.15, 0.2) is 0 Å². The molecule has 0 N–H and O–H groups in total. The Morgan fingerprint density at radius 3 is 2.15 bits per heavy atom. The molecule has 0 aromatic heterocycles. The van der Waals surface area contributed by atoms with Crippen LogP contribution < -0.4 is 5.30 Å². The van der Waals surface area contributed by atoms with Crippen LogP contribution in [0.15, 0.2) is 35.1 Å². The number of hydrogen-bond acceptors (Lipinski definition) is 1. The molecule has 0 saturated heterocycles. The molecule has 1 rings (SSSR count). The molecular weight excluding hydrogens is 244 g/mol. The van der Waals surface area contributed by atoms with Gasteiger partial charge in [0.25, 0.3) is 0 Å². The molecule has 1 aromatic rings. The maximum absolute atomic E-state index is 4.69. The molecule has 13 heavy (non-hydrogen) atoms. The van der Waals surface area contributed by atoms with Gasteiger partial charge < -0.3 is 0 Å². The van der Waals surface area contributed by atoms with Gasteiger partial charge in [-0.3, -0.25) is 0 Å². The first kappa shape index (κ1) is 10.9. The summed E-state index contributed by atoms with van der Waals surface area (Å²) in [6, 6.07) is 10.4. The van der Waals surface area contributed by atoms with Crippen LogP contribution >= 0.6 is 5.96 Å². The molecule has 0 aliphatic heterocycles. The van der Waals surface area contributed by atoms with Crippen molar-refractivity contribution in [3.05, 3.63) is 30.3 Å². The first-order valence-corrected chi connectivity index (χ1v) is 7.75. The summed E-state index contributed by atoms with van der Waals surface area (Å²) >= 11 is 3.15. The number of hydrogen-bond donors (Lipinski definition) is 0. The summed E-state index contributed by atoms with van der Waals surface area (Å²) in [5.74, 6) is -0.464. The molecule has 1 atom stereocenters. The van der Waals surface area contributed by atoms with Crippen molar-refractivity contribution in [2.45, 2.75) is 26.3 Å². The Bertz CT molecular complexity index is 345. The first-order valence-electron chi connectivity index (χ1n) is 4.24. The van der Waals surface area contributed by atoms with Crippen LogP contribution in [-0.2, 0) is 0 Å². The van der Waals surface area contributed by atoms with E-state index in [2.05, 4.69) is 64.9 Å². The minimum atomic E-state index is -0.464. The number of benzene rings is 1. The summed E-state index contributed by atoms with van der Waals surface area (Å²) in [6.45, 7) is 6.38. The monoisotopic (exact) mass is 259 g/mol. The Morgan fingerprint density at radius 2 is 1.69 bits per heavy atom. The Hall–Kier alpha value is -0.161. The average Bonchev–Trinajstić information content (AvgIpc) is 2.03. The Balaban J connectivity index is 3.00. The van der Waals surface area contributed by atoms with E-state index in [4.69, 9.17) is 0 Å². The van der Waals surface area contributed by atoms with E-state index in [9.17, 15) is 0 Å². The van der Waals surface area contributed by atoms with Gasteiger partial charge in [0.2, 0.25) is 0 Å². The van der Waals surface area contributed by atoms with E-state index in [0.717, 1.165) is 0 Å². The fourth-order valence-corrected chi connectivity index (χ4v) is 4.28. The van der Waals surface area contributed by atoms with Crippen molar-refractivity contribution in [2.75, 3.05) is 0 Å². The fourth-order valence-electron chi connectivity index (χ4n) is 0.886. The quantitative estimate of drug-likeness (QED) is 0.542. The molecule has 70 valence electrons.